The first kappa shape index (κ1) is 12.5. The van der Waals surface area contributed by atoms with E-state index in [4.69, 9.17) is 5.73 Å². The fourth-order valence-electron chi connectivity index (χ4n) is 2.13. The third kappa shape index (κ3) is 2.83. The zero-order valence-corrected chi connectivity index (χ0v) is 9.74. The van der Waals surface area contributed by atoms with Crippen molar-refractivity contribution in [1.82, 2.24) is 9.97 Å². The number of nitro groups is 1. The predicted octanol–water partition coefficient (Wildman–Crippen LogP) is 0.540. The van der Waals surface area contributed by atoms with Gasteiger partial charge in [-0.3, -0.25) is 10.1 Å². The van der Waals surface area contributed by atoms with Crippen LogP contribution in [0.4, 0.5) is 17.5 Å². The van der Waals surface area contributed by atoms with E-state index in [-0.39, 0.29) is 23.6 Å². The Morgan fingerprint density at radius 1 is 1.61 bits per heavy atom. The first-order chi connectivity index (χ1) is 8.56. The smallest absolute Gasteiger partial charge is 0.329 e. The lowest BCUT2D eigenvalue weighted by Crippen LogP contribution is -2.15. The number of rotatable bonds is 4. The number of nitrogens with zero attached hydrogens (tertiary/aromatic N) is 3. The van der Waals surface area contributed by atoms with Gasteiger partial charge >= 0.3 is 5.69 Å². The number of aliphatic hydroxyl groups excluding tert-OH is 1. The molecule has 1 aromatic heterocycles. The summed E-state index contributed by atoms with van der Waals surface area (Å²) in [5.74, 6) is 0.430. The number of anilines is 2. The summed E-state index contributed by atoms with van der Waals surface area (Å²) in [6, 6.07) is 0. The van der Waals surface area contributed by atoms with Gasteiger partial charge in [-0.25, -0.2) is 4.98 Å². The highest BCUT2D eigenvalue weighted by Gasteiger charge is 2.24. The molecule has 1 heterocycles. The molecule has 2 atom stereocenters. The van der Waals surface area contributed by atoms with Crippen molar-refractivity contribution in [2.45, 2.75) is 25.4 Å². The maximum Gasteiger partial charge on any atom is 0.329 e. The maximum absolute atomic E-state index is 10.8. The summed E-state index contributed by atoms with van der Waals surface area (Å²) in [5, 5.41) is 23.1. The molecule has 98 valence electrons. The van der Waals surface area contributed by atoms with Gasteiger partial charge in [-0.05, 0) is 25.2 Å². The van der Waals surface area contributed by atoms with Crippen molar-refractivity contribution in [1.29, 1.82) is 0 Å². The fourth-order valence-corrected chi connectivity index (χ4v) is 2.13. The summed E-state index contributed by atoms with van der Waals surface area (Å²) >= 11 is 0. The fraction of sp³-hybridized carbons (Fsp3) is 0.600. The molecule has 2 unspecified atom stereocenters. The lowest BCUT2D eigenvalue weighted by molar-refractivity contribution is -0.384. The van der Waals surface area contributed by atoms with Gasteiger partial charge < -0.3 is 16.2 Å². The summed E-state index contributed by atoms with van der Waals surface area (Å²) in [5.41, 5.74) is 5.22. The third-order valence-corrected chi connectivity index (χ3v) is 3.06. The lowest BCUT2D eigenvalue weighted by atomic mass is 10.1. The number of aliphatic hydroxyl groups is 1. The molecule has 0 aromatic carbocycles. The Hall–Kier alpha value is -1.96. The molecule has 8 heteroatoms. The number of hydrogen-bond donors (Lipinski definition) is 3. The largest absolute Gasteiger partial charge is 0.393 e. The second-order valence-electron chi connectivity index (χ2n) is 4.43. The quantitative estimate of drug-likeness (QED) is 0.527. The Morgan fingerprint density at radius 2 is 2.39 bits per heavy atom. The van der Waals surface area contributed by atoms with Crippen LogP contribution in [0, 0.1) is 16.0 Å². The molecule has 1 fully saturated rings. The highest BCUT2D eigenvalue weighted by molar-refractivity contribution is 5.56. The van der Waals surface area contributed by atoms with Gasteiger partial charge in [-0.1, -0.05) is 0 Å². The molecule has 0 saturated heterocycles. The van der Waals surface area contributed by atoms with Gasteiger partial charge in [-0.15, -0.1) is 0 Å². The summed E-state index contributed by atoms with van der Waals surface area (Å²) in [4.78, 5) is 17.7. The molecule has 0 amide bonds. The summed E-state index contributed by atoms with van der Waals surface area (Å²) < 4.78 is 0. The zero-order valence-electron chi connectivity index (χ0n) is 9.74. The number of nitrogen functional groups attached to an aromatic ring is 1. The molecule has 1 aliphatic rings. The van der Waals surface area contributed by atoms with Crippen LogP contribution in [0.25, 0.3) is 0 Å². The van der Waals surface area contributed by atoms with Crippen LogP contribution in [0.1, 0.15) is 19.3 Å². The topological polar surface area (TPSA) is 127 Å². The number of hydrogen-bond acceptors (Lipinski definition) is 7. The number of aromatic nitrogens is 2. The summed E-state index contributed by atoms with van der Waals surface area (Å²) in [7, 11) is 0. The van der Waals surface area contributed by atoms with Crippen molar-refractivity contribution in [3.05, 3.63) is 16.3 Å². The molecular weight excluding hydrogens is 238 g/mol. The van der Waals surface area contributed by atoms with E-state index in [9.17, 15) is 15.2 Å². The predicted molar refractivity (Wildman–Crippen MR) is 64.9 cm³/mol. The van der Waals surface area contributed by atoms with E-state index in [0.29, 0.717) is 18.9 Å². The summed E-state index contributed by atoms with van der Waals surface area (Å²) in [6.45, 7) is 0.536. The molecule has 1 aliphatic carbocycles. The van der Waals surface area contributed by atoms with Crippen LogP contribution in [0.2, 0.25) is 0 Å². The highest BCUT2D eigenvalue weighted by Crippen LogP contribution is 2.27. The van der Waals surface area contributed by atoms with E-state index in [0.717, 1.165) is 19.0 Å². The Bertz CT molecular complexity index is 453. The van der Waals surface area contributed by atoms with Crippen LogP contribution in [0.5, 0.6) is 0 Å². The monoisotopic (exact) mass is 253 g/mol. The number of nitrogens with one attached hydrogen (secondary N) is 1. The van der Waals surface area contributed by atoms with Crippen molar-refractivity contribution in [3.8, 4) is 0 Å². The molecule has 0 radical (unpaired) electrons. The molecule has 2 rings (SSSR count). The zero-order chi connectivity index (χ0) is 13.1. The minimum atomic E-state index is -0.550. The van der Waals surface area contributed by atoms with Gasteiger partial charge in [0.15, 0.2) is 0 Å². The SMILES string of the molecule is Nc1ncc([N+](=O)[O-])c(NCC2CCC(O)C2)n1. The van der Waals surface area contributed by atoms with Gasteiger partial charge in [0.2, 0.25) is 11.8 Å². The van der Waals surface area contributed by atoms with Gasteiger partial charge in [0.25, 0.3) is 0 Å². The van der Waals surface area contributed by atoms with Crippen molar-refractivity contribution in [2.24, 2.45) is 5.92 Å². The Kier molecular flexibility index (Phi) is 3.56. The van der Waals surface area contributed by atoms with Gasteiger partial charge in [0, 0.05) is 6.54 Å². The molecule has 18 heavy (non-hydrogen) atoms. The maximum atomic E-state index is 10.8. The molecule has 1 saturated carbocycles. The average molecular weight is 253 g/mol. The Labute approximate surface area is 103 Å². The molecule has 8 nitrogen and oxygen atoms in total. The Balaban J connectivity index is 2.04. The lowest BCUT2D eigenvalue weighted by Gasteiger charge is -2.11. The van der Waals surface area contributed by atoms with E-state index < -0.39 is 4.92 Å². The standard InChI is InChI=1S/C10H15N5O3/c11-10-13-5-8(15(17)18)9(14-10)12-4-6-1-2-7(16)3-6/h5-7,16H,1-4H2,(H3,11,12,13,14). The molecule has 1 aromatic rings. The van der Waals surface area contributed by atoms with Crippen LogP contribution >= 0.6 is 0 Å². The van der Waals surface area contributed by atoms with Crippen LogP contribution in [-0.4, -0.2) is 32.6 Å². The normalized spacial score (nSPS) is 22.9. The molecule has 4 N–H and O–H groups in total. The van der Waals surface area contributed by atoms with Crippen molar-refractivity contribution in [3.63, 3.8) is 0 Å². The van der Waals surface area contributed by atoms with Gasteiger partial charge in [-0.2, -0.15) is 4.98 Å². The van der Waals surface area contributed by atoms with E-state index in [1.165, 1.54) is 0 Å². The van der Waals surface area contributed by atoms with E-state index in [1.54, 1.807) is 0 Å². The van der Waals surface area contributed by atoms with E-state index in [1.807, 2.05) is 0 Å². The van der Waals surface area contributed by atoms with E-state index >= 15 is 0 Å². The van der Waals surface area contributed by atoms with Crippen LogP contribution in [-0.2, 0) is 0 Å². The van der Waals surface area contributed by atoms with Gasteiger partial charge in [0.05, 0.1) is 11.0 Å². The molecule has 0 bridgehead atoms. The third-order valence-electron chi connectivity index (χ3n) is 3.06. The summed E-state index contributed by atoms with van der Waals surface area (Å²) in [6.07, 6.45) is 3.22. The second-order valence-corrected chi connectivity index (χ2v) is 4.43. The number of nitrogens with two attached hydrogens (primary N) is 1. The van der Waals surface area contributed by atoms with Crippen molar-refractivity contribution >= 4 is 17.5 Å². The van der Waals surface area contributed by atoms with Crippen molar-refractivity contribution in [2.75, 3.05) is 17.6 Å². The molecule has 0 aliphatic heterocycles. The molecule has 0 spiro atoms. The molecular formula is C10H15N5O3. The first-order valence-corrected chi connectivity index (χ1v) is 5.75. The van der Waals surface area contributed by atoms with Crippen molar-refractivity contribution < 1.29 is 10.0 Å². The van der Waals surface area contributed by atoms with Crippen LogP contribution < -0.4 is 11.1 Å². The van der Waals surface area contributed by atoms with Crippen LogP contribution in [0.15, 0.2) is 6.20 Å². The Morgan fingerprint density at radius 3 is 3.00 bits per heavy atom. The highest BCUT2D eigenvalue weighted by atomic mass is 16.6. The van der Waals surface area contributed by atoms with Gasteiger partial charge in [0.1, 0.15) is 6.20 Å². The van der Waals surface area contributed by atoms with Crippen LogP contribution in [0.3, 0.4) is 0 Å². The first-order valence-electron chi connectivity index (χ1n) is 5.75. The minimum absolute atomic E-state index is 0.00504. The van der Waals surface area contributed by atoms with E-state index in [2.05, 4.69) is 15.3 Å². The second kappa shape index (κ2) is 5.13. The average Bonchev–Trinajstić information content (AvgIpc) is 2.72. The minimum Gasteiger partial charge on any atom is -0.393 e.